The molecule has 6 heteroatoms. The second-order valence-corrected chi connectivity index (χ2v) is 4.09. The first-order valence-electron chi connectivity index (χ1n) is 6.15. The molecular weight excluding hydrogens is 270 g/mol. The number of carbonyl (C=O) groups excluding carboxylic acids is 1. The summed E-state index contributed by atoms with van der Waals surface area (Å²) in [6.07, 6.45) is 2.98. The van der Waals surface area contributed by atoms with Crippen molar-refractivity contribution in [3.05, 3.63) is 59.5 Å². The van der Waals surface area contributed by atoms with Gasteiger partial charge < -0.3 is 14.6 Å². The number of benzene rings is 1. The number of nitrogens with one attached hydrogen (secondary N) is 1. The molecule has 0 aliphatic heterocycles. The minimum absolute atomic E-state index is 0.354. The molecule has 0 fully saturated rings. The molecule has 0 aliphatic rings. The van der Waals surface area contributed by atoms with Gasteiger partial charge >= 0.3 is 0 Å². The predicted molar refractivity (Wildman–Crippen MR) is 75.6 cm³/mol. The summed E-state index contributed by atoms with van der Waals surface area (Å²) >= 11 is 0. The quantitative estimate of drug-likeness (QED) is 0.673. The fraction of sp³-hybridized carbons (Fsp3) is 0.133. The largest absolute Gasteiger partial charge is 0.466 e. The Balaban J connectivity index is 2.06. The summed E-state index contributed by atoms with van der Waals surface area (Å²) in [5, 5.41) is 15.3. The molecule has 1 aromatic carbocycles. The Kier molecular flexibility index (Phi) is 4.72. The summed E-state index contributed by atoms with van der Waals surface area (Å²) in [6.45, 7) is 0. The van der Waals surface area contributed by atoms with Gasteiger partial charge in [-0.3, -0.25) is 4.79 Å². The lowest BCUT2D eigenvalue weighted by molar-refractivity contribution is 0.0941. The lowest BCUT2D eigenvalue weighted by atomic mass is 10.1. The Morgan fingerprint density at radius 3 is 2.76 bits per heavy atom. The standard InChI is InChI=1S/C15H13N3O3/c1-20-17-10-11-4-6-12(7-5-11)15(19)18-13(9-16)14-3-2-8-21-14/h2-8,10,13H,1H3,(H,18,19). The maximum Gasteiger partial charge on any atom is 0.252 e. The molecule has 1 atom stereocenters. The van der Waals surface area contributed by atoms with Gasteiger partial charge in [-0.2, -0.15) is 5.26 Å². The molecule has 1 amide bonds. The van der Waals surface area contributed by atoms with E-state index in [1.54, 1.807) is 36.4 Å². The zero-order valence-electron chi connectivity index (χ0n) is 11.3. The number of carbonyl (C=O) groups is 1. The Labute approximate surface area is 121 Å². The van der Waals surface area contributed by atoms with Crippen LogP contribution in [0.3, 0.4) is 0 Å². The Morgan fingerprint density at radius 2 is 2.19 bits per heavy atom. The summed E-state index contributed by atoms with van der Waals surface area (Å²) in [6, 6.07) is 11.2. The number of oxime groups is 1. The zero-order valence-corrected chi connectivity index (χ0v) is 11.3. The van der Waals surface area contributed by atoms with Gasteiger partial charge in [0, 0.05) is 5.56 Å². The highest BCUT2D eigenvalue weighted by atomic mass is 16.6. The van der Waals surface area contributed by atoms with Crippen LogP contribution in [0.1, 0.15) is 27.7 Å². The summed E-state index contributed by atoms with van der Waals surface area (Å²) in [5.41, 5.74) is 1.24. The number of nitriles is 1. The van der Waals surface area contributed by atoms with Crippen molar-refractivity contribution in [2.45, 2.75) is 6.04 Å². The van der Waals surface area contributed by atoms with Crippen LogP contribution in [0.25, 0.3) is 0 Å². The summed E-state index contributed by atoms with van der Waals surface area (Å²) < 4.78 is 5.12. The van der Waals surface area contributed by atoms with E-state index in [4.69, 9.17) is 9.68 Å². The third-order valence-corrected chi connectivity index (χ3v) is 2.71. The van der Waals surface area contributed by atoms with Crippen molar-refractivity contribution in [1.82, 2.24) is 5.32 Å². The molecule has 0 saturated heterocycles. The molecule has 2 rings (SSSR count). The van der Waals surface area contributed by atoms with Crippen LogP contribution in [0.2, 0.25) is 0 Å². The average Bonchev–Trinajstić information content (AvgIpc) is 3.05. The van der Waals surface area contributed by atoms with Crippen LogP contribution in [0, 0.1) is 11.3 Å². The minimum atomic E-state index is -0.817. The molecule has 21 heavy (non-hydrogen) atoms. The van der Waals surface area contributed by atoms with Gasteiger partial charge in [-0.25, -0.2) is 0 Å². The molecule has 1 heterocycles. The van der Waals surface area contributed by atoms with Gasteiger partial charge in [-0.05, 0) is 29.8 Å². The molecule has 0 saturated carbocycles. The number of amides is 1. The van der Waals surface area contributed by atoms with E-state index in [1.807, 2.05) is 6.07 Å². The third kappa shape index (κ3) is 3.70. The Morgan fingerprint density at radius 1 is 1.43 bits per heavy atom. The van der Waals surface area contributed by atoms with Crippen LogP contribution in [0.5, 0.6) is 0 Å². The van der Waals surface area contributed by atoms with Crippen molar-refractivity contribution in [3.8, 4) is 6.07 Å². The second kappa shape index (κ2) is 6.91. The van der Waals surface area contributed by atoms with Gasteiger partial charge in [0.05, 0.1) is 18.5 Å². The number of furan rings is 1. The third-order valence-electron chi connectivity index (χ3n) is 2.71. The van der Waals surface area contributed by atoms with Gasteiger partial charge in [0.1, 0.15) is 12.9 Å². The Bertz CT molecular complexity index is 654. The smallest absolute Gasteiger partial charge is 0.252 e. The molecule has 6 nitrogen and oxygen atoms in total. The SMILES string of the molecule is CON=Cc1ccc(C(=O)NC(C#N)c2ccco2)cc1. The fourth-order valence-corrected chi connectivity index (χ4v) is 1.67. The summed E-state index contributed by atoms with van der Waals surface area (Å²) in [7, 11) is 1.45. The second-order valence-electron chi connectivity index (χ2n) is 4.09. The van der Waals surface area contributed by atoms with E-state index in [0.717, 1.165) is 5.56 Å². The first-order valence-corrected chi connectivity index (χ1v) is 6.15. The maximum absolute atomic E-state index is 12.1. The van der Waals surface area contributed by atoms with Gasteiger partial charge in [-0.15, -0.1) is 0 Å². The zero-order chi connectivity index (χ0) is 15.1. The van der Waals surface area contributed by atoms with E-state index < -0.39 is 6.04 Å². The van der Waals surface area contributed by atoms with Gasteiger partial charge in [0.2, 0.25) is 0 Å². The van der Waals surface area contributed by atoms with Gasteiger partial charge in [0.25, 0.3) is 5.91 Å². The molecule has 2 aromatic rings. The van der Waals surface area contributed by atoms with Crippen LogP contribution < -0.4 is 5.32 Å². The minimum Gasteiger partial charge on any atom is -0.466 e. The van der Waals surface area contributed by atoms with Crippen molar-refractivity contribution in [1.29, 1.82) is 5.26 Å². The molecule has 1 aromatic heterocycles. The molecule has 0 radical (unpaired) electrons. The average molecular weight is 283 g/mol. The Hall–Kier alpha value is -3.07. The van der Waals surface area contributed by atoms with Crippen molar-refractivity contribution >= 4 is 12.1 Å². The highest BCUT2D eigenvalue weighted by molar-refractivity contribution is 5.95. The lowest BCUT2D eigenvalue weighted by Gasteiger charge is -2.09. The van der Waals surface area contributed by atoms with Crippen LogP contribution >= 0.6 is 0 Å². The molecule has 0 spiro atoms. The van der Waals surface area contributed by atoms with Crippen molar-refractivity contribution in [2.24, 2.45) is 5.16 Å². The van der Waals surface area contributed by atoms with E-state index in [-0.39, 0.29) is 5.91 Å². The van der Waals surface area contributed by atoms with Crippen LogP contribution in [0.4, 0.5) is 0 Å². The molecule has 1 unspecified atom stereocenters. The summed E-state index contributed by atoms with van der Waals surface area (Å²) in [4.78, 5) is 16.6. The molecule has 106 valence electrons. The van der Waals surface area contributed by atoms with Crippen LogP contribution in [0.15, 0.2) is 52.2 Å². The van der Waals surface area contributed by atoms with Crippen LogP contribution in [-0.2, 0) is 4.84 Å². The lowest BCUT2D eigenvalue weighted by Crippen LogP contribution is -2.27. The number of hydrogen-bond acceptors (Lipinski definition) is 5. The number of rotatable bonds is 5. The van der Waals surface area contributed by atoms with Gasteiger partial charge in [0.15, 0.2) is 6.04 Å². The van der Waals surface area contributed by atoms with Crippen molar-refractivity contribution in [2.75, 3.05) is 7.11 Å². The first-order chi connectivity index (χ1) is 10.2. The number of hydrogen-bond donors (Lipinski definition) is 1. The molecule has 0 aliphatic carbocycles. The van der Waals surface area contributed by atoms with E-state index in [0.29, 0.717) is 11.3 Å². The number of nitrogens with zero attached hydrogens (tertiary/aromatic N) is 2. The van der Waals surface area contributed by atoms with E-state index >= 15 is 0 Å². The highest BCUT2D eigenvalue weighted by Gasteiger charge is 2.17. The molecular formula is C15H13N3O3. The molecule has 0 bridgehead atoms. The van der Waals surface area contributed by atoms with E-state index in [2.05, 4.69) is 15.3 Å². The summed E-state index contributed by atoms with van der Waals surface area (Å²) in [5.74, 6) is 0.0443. The van der Waals surface area contributed by atoms with Gasteiger partial charge in [-0.1, -0.05) is 17.3 Å². The van der Waals surface area contributed by atoms with Crippen molar-refractivity contribution < 1.29 is 14.0 Å². The normalized spacial score (nSPS) is 11.8. The van der Waals surface area contributed by atoms with E-state index in [9.17, 15) is 4.79 Å². The van der Waals surface area contributed by atoms with Crippen molar-refractivity contribution in [3.63, 3.8) is 0 Å². The first kappa shape index (κ1) is 14.3. The monoisotopic (exact) mass is 283 g/mol. The predicted octanol–water partition coefficient (Wildman–Crippen LogP) is 2.25. The van der Waals surface area contributed by atoms with E-state index in [1.165, 1.54) is 19.6 Å². The molecule has 1 N–H and O–H groups in total. The topological polar surface area (TPSA) is 87.6 Å². The highest BCUT2D eigenvalue weighted by Crippen LogP contribution is 2.13. The maximum atomic E-state index is 12.1. The van der Waals surface area contributed by atoms with Crippen LogP contribution in [-0.4, -0.2) is 19.2 Å². The fourth-order valence-electron chi connectivity index (χ4n) is 1.67.